The van der Waals surface area contributed by atoms with Gasteiger partial charge in [0.15, 0.2) is 0 Å². The van der Waals surface area contributed by atoms with E-state index in [-0.39, 0.29) is 23.6 Å². The molecular weight excluding hydrogens is 501 g/mol. The molecule has 0 aliphatic heterocycles. The number of nitrogens with one attached hydrogen (secondary N) is 3. The summed E-state index contributed by atoms with van der Waals surface area (Å²) in [5.74, 6) is -0.546. The van der Waals surface area contributed by atoms with Crippen LogP contribution < -0.4 is 21.1 Å². The molecule has 38 heavy (non-hydrogen) atoms. The predicted molar refractivity (Wildman–Crippen MR) is 142 cm³/mol. The molecule has 216 valence electrons. The quantitative estimate of drug-likeness (QED) is 0.270. The summed E-state index contributed by atoms with van der Waals surface area (Å²) < 4.78 is 40.7. The first-order valence-corrected chi connectivity index (χ1v) is 12.7. The highest BCUT2D eigenvalue weighted by molar-refractivity contribution is 6.44. The van der Waals surface area contributed by atoms with Crippen molar-refractivity contribution in [1.29, 1.82) is 5.41 Å². The van der Waals surface area contributed by atoms with Gasteiger partial charge in [0.05, 0.1) is 6.54 Å². The lowest BCUT2D eigenvalue weighted by Gasteiger charge is -2.28. The van der Waals surface area contributed by atoms with Crippen LogP contribution in [0.3, 0.4) is 0 Å². The van der Waals surface area contributed by atoms with Gasteiger partial charge in [-0.2, -0.15) is 0 Å². The SMILES string of the molecule is CCC1CCCCC1.Cc1ccc(OC(F)(F)F)cc1C(=N)C(=O)NC(C)C(C)(C)C.NC(=O)CNC=O. The molecule has 0 bridgehead atoms. The number of hydrogen-bond donors (Lipinski definition) is 4. The highest BCUT2D eigenvalue weighted by Crippen LogP contribution is 2.26. The standard InChI is InChI=1S/C16H21F3N2O2.C8H16.C3H6N2O2/c1-9-6-7-11(23-16(17,18)19)8-12(9)13(20)14(22)21-10(2)15(3,4)5;1-2-8-6-4-3-5-7-8;4-3(7)1-5-2-6/h6-8,10,20H,1-5H3,(H,21,22);8H,2-7H2,1H3;2H,1H2,(H2,4,7)(H,5,6). The lowest BCUT2D eigenvalue weighted by molar-refractivity contribution is -0.274. The van der Waals surface area contributed by atoms with E-state index in [1.54, 1.807) is 13.8 Å². The molecule has 1 aromatic carbocycles. The van der Waals surface area contributed by atoms with Crippen molar-refractivity contribution in [2.24, 2.45) is 17.1 Å². The molecule has 0 radical (unpaired) electrons. The van der Waals surface area contributed by atoms with E-state index in [0.717, 1.165) is 18.1 Å². The maximum Gasteiger partial charge on any atom is 0.573 e. The molecule has 2 rings (SSSR count). The van der Waals surface area contributed by atoms with Gasteiger partial charge >= 0.3 is 6.36 Å². The second-order valence-corrected chi connectivity index (χ2v) is 10.3. The van der Waals surface area contributed by atoms with Crippen LogP contribution in [0.5, 0.6) is 5.75 Å². The van der Waals surface area contributed by atoms with Crippen LogP contribution in [0.4, 0.5) is 13.2 Å². The maximum absolute atomic E-state index is 12.3. The minimum Gasteiger partial charge on any atom is -0.406 e. The summed E-state index contributed by atoms with van der Waals surface area (Å²) in [4.78, 5) is 31.3. The minimum absolute atomic E-state index is 0.0799. The van der Waals surface area contributed by atoms with Gasteiger partial charge in [-0.1, -0.05) is 72.3 Å². The molecule has 1 saturated carbocycles. The van der Waals surface area contributed by atoms with Gasteiger partial charge in [-0.05, 0) is 42.9 Å². The monoisotopic (exact) mass is 544 g/mol. The van der Waals surface area contributed by atoms with Gasteiger partial charge < -0.3 is 21.1 Å². The number of aryl methyl sites for hydroxylation is 1. The van der Waals surface area contributed by atoms with Crippen molar-refractivity contribution in [1.82, 2.24) is 10.6 Å². The van der Waals surface area contributed by atoms with Crippen molar-refractivity contribution < 1.29 is 32.3 Å². The van der Waals surface area contributed by atoms with Gasteiger partial charge in [-0.3, -0.25) is 19.8 Å². The number of nitrogens with two attached hydrogens (primary N) is 1. The van der Waals surface area contributed by atoms with Crippen LogP contribution >= 0.6 is 0 Å². The summed E-state index contributed by atoms with van der Waals surface area (Å²) in [5, 5.41) is 12.7. The number of rotatable bonds is 8. The van der Waals surface area contributed by atoms with Gasteiger partial charge in [0, 0.05) is 11.6 Å². The maximum atomic E-state index is 12.3. The Morgan fingerprint density at radius 2 is 1.76 bits per heavy atom. The predicted octanol–water partition coefficient (Wildman–Crippen LogP) is 5.01. The van der Waals surface area contributed by atoms with Crippen LogP contribution in [-0.2, 0) is 14.4 Å². The first-order valence-electron chi connectivity index (χ1n) is 12.7. The number of hydrogen-bond acceptors (Lipinski definition) is 5. The van der Waals surface area contributed by atoms with E-state index in [1.165, 1.54) is 44.6 Å². The summed E-state index contributed by atoms with van der Waals surface area (Å²) in [7, 11) is 0. The molecule has 1 aliphatic carbocycles. The number of amides is 3. The Kier molecular flexibility index (Phi) is 15.3. The number of alkyl halides is 3. The third-order valence-corrected chi connectivity index (χ3v) is 6.25. The van der Waals surface area contributed by atoms with Crippen LogP contribution in [-0.4, -0.2) is 42.9 Å². The van der Waals surface area contributed by atoms with E-state index in [9.17, 15) is 27.6 Å². The molecule has 1 unspecified atom stereocenters. The topological polar surface area (TPSA) is 134 Å². The minimum atomic E-state index is -4.82. The Morgan fingerprint density at radius 1 is 1.18 bits per heavy atom. The average Bonchev–Trinajstić information content (AvgIpc) is 2.83. The van der Waals surface area contributed by atoms with Crippen molar-refractivity contribution in [3.05, 3.63) is 29.3 Å². The van der Waals surface area contributed by atoms with Crippen LogP contribution in [0.1, 0.15) is 84.3 Å². The fraction of sp³-hybridized carbons (Fsp3) is 0.630. The lowest BCUT2D eigenvalue weighted by atomic mass is 9.88. The highest BCUT2D eigenvalue weighted by atomic mass is 19.4. The van der Waals surface area contributed by atoms with Crippen LogP contribution in [0.25, 0.3) is 0 Å². The molecule has 0 heterocycles. The Morgan fingerprint density at radius 3 is 2.16 bits per heavy atom. The summed E-state index contributed by atoms with van der Waals surface area (Å²) in [6.07, 6.45) is 4.53. The largest absolute Gasteiger partial charge is 0.573 e. The molecule has 3 amide bonds. The second kappa shape index (κ2) is 16.7. The fourth-order valence-electron chi connectivity index (χ4n) is 3.41. The van der Waals surface area contributed by atoms with Gasteiger partial charge in [0.1, 0.15) is 11.5 Å². The van der Waals surface area contributed by atoms with E-state index in [0.29, 0.717) is 12.0 Å². The van der Waals surface area contributed by atoms with E-state index >= 15 is 0 Å². The van der Waals surface area contributed by atoms with Gasteiger partial charge in [-0.15, -0.1) is 13.2 Å². The fourth-order valence-corrected chi connectivity index (χ4v) is 3.41. The van der Waals surface area contributed by atoms with Crippen molar-refractivity contribution >= 4 is 23.9 Å². The van der Waals surface area contributed by atoms with Crippen molar-refractivity contribution in [3.63, 3.8) is 0 Å². The number of benzene rings is 1. The number of carbonyl (C=O) groups excluding carboxylic acids is 3. The molecular formula is C27H43F3N4O4. The van der Waals surface area contributed by atoms with Crippen LogP contribution in [0.2, 0.25) is 0 Å². The zero-order valence-corrected chi connectivity index (χ0v) is 23.3. The average molecular weight is 545 g/mol. The molecule has 0 saturated heterocycles. The highest BCUT2D eigenvalue weighted by Gasteiger charge is 2.31. The van der Waals surface area contributed by atoms with Gasteiger partial charge in [-0.25, -0.2) is 0 Å². The van der Waals surface area contributed by atoms with E-state index in [2.05, 4.69) is 28.0 Å². The summed E-state index contributed by atoms with van der Waals surface area (Å²) in [5.41, 5.74) is 4.64. The van der Waals surface area contributed by atoms with Crippen molar-refractivity contribution in [3.8, 4) is 5.75 Å². The Balaban J connectivity index is 0.000000738. The van der Waals surface area contributed by atoms with E-state index in [1.807, 2.05) is 20.8 Å². The summed E-state index contributed by atoms with van der Waals surface area (Å²) >= 11 is 0. The molecule has 1 aliphatic rings. The Labute approximate surface area is 223 Å². The molecule has 0 aromatic heterocycles. The van der Waals surface area contributed by atoms with Crippen molar-refractivity contribution in [2.75, 3.05) is 6.54 Å². The third-order valence-electron chi connectivity index (χ3n) is 6.25. The number of ether oxygens (including phenoxy) is 1. The Hall–Kier alpha value is -3.11. The van der Waals surface area contributed by atoms with E-state index < -0.39 is 29.6 Å². The summed E-state index contributed by atoms with van der Waals surface area (Å²) in [6, 6.07) is 3.37. The molecule has 1 atom stereocenters. The van der Waals surface area contributed by atoms with Gasteiger partial charge in [0.2, 0.25) is 12.3 Å². The zero-order chi connectivity index (χ0) is 29.5. The Bertz CT molecular complexity index is 909. The lowest BCUT2D eigenvalue weighted by Crippen LogP contribution is -2.44. The van der Waals surface area contributed by atoms with Gasteiger partial charge in [0.25, 0.3) is 5.91 Å². The molecule has 1 aromatic rings. The number of halogens is 3. The first kappa shape index (κ1) is 34.9. The zero-order valence-electron chi connectivity index (χ0n) is 23.3. The smallest absolute Gasteiger partial charge is 0.406 e. The molecule has 1 fully saturated rings. The molecule has 5 N–H and O–H groups in total. The number of primary amides is 1. The third kappa shape index (κ3) is 15.2. The van der Waals surface area contributed by atoms with Crippen LogP contribution in [0, 0.1) is 23.7 Å². The normalized spacial score (nSPS) is 14.4. The summed E-state index contributed by atoms with van der Waals surface area (Å²) in [6.45, 7) is 11.5. The first-order chi connectivity index (χ1) is 17.5. The van der Waals surface area contributed by atoms with Crippen molar-refractivity contribution in [2.45, 2.75) is 92.5 Å². The molecule has 11 heteroatoms. The molecule has 0 spiro atoms. The molecule has 8 nitrogen and oxygen atoms in total. The van der Waals surface area contributed by atoms with E-state index in [4.69, 9.17) is 5.41 Å². The number of carbonyl (C=O) groups is 3. The van der Waals surface area contributed by atoms with Crippen LogP contribution in [0.15, 0.2) is 18.2 Å². The second-order valence-electron chi connectivity index (χ2n) is 10.3.